The van der Waals surface area contributed by atoms with Crippen LogP contribution in [0.15, 0.2) is 36.5 Å². The van der Waals surface area contributed by atoms with E-state index in [1.54, 1.807) is 13.2 Å². The molecule has 0 amide bonds. The summed E-state index contributed by atoms with van der Waals surface area (Å²) in [5.41, 5.74) is 4.03. The van der Waals surface area contributed by atoms with Crippen LogP contribution in [-0.4, -0.2) is 35.2 Å². The number of fused-ring (bicyclic) bond motifs is 1. The number of halogens is 1. The van der Waals surface area contributed by atoms with E-state index in [0.29, 0.717) is 6.61 Å². The summed E-state index contributed by atoms with van der Waals surface area (Å²) >= 11 is 0. The normalized spacial score (nSPS) is 15.1. The topological polar surface area (TPSA) is 54.0 Å². The van der Waals surface area contributed by atoms with Gasteiger partial charge in [-0.3, -0.25) is 0 Å². The first kappa shape index (κ1) is 19.6. The van der Waals surface area contributed by atoms with Gasteiger partial charge in [0.15, 0.2) is 0 Å². The van der Waals surface area contributed by atoms with Gasteiger partial charge in [0.25, 0.3) is 0 Å². The molecular formula is C23H27FN4O. The second kappa shape index (κ2) is 7.59. The van der Waals surface area contributed by atoms with E-state index in [0.717, 1.165) is 53.3 Å². The Hall–Kier alpha value is -2.73. The molecule has 0 spiro atoms. The number of rotatable bonds is 4. The Morgan fingerprint density at radius 1 is 1.21 bits per heavy atom. The standard InChI is InChI=1S/C23H27FN4O/c1-23(2,3)22-26-17(14-29-4)12-21(27-22)28-9-7-15(8-10-28)19-13-25-20-11-16(24)5-6-18(19)20/h5-7,11-13,25H,8-10,14H2,1-4H3. The zero-order valence-electron chi connectivity index (χ0n) is 17.4. The molecule has 4 rings (SSSR count). The predicted octanol–water partition coefficient (Wildman–Crippen LogP) is 4.83. The van der Waals surface area contributed by atoms with Crippen molar-refractivity contribution in [1.82, 2.24) is 15.0 Å². The summed E-state index contributed by atoms with van der Waals surface area (Å²) in [4.78, 5) is 15.0. The molecule has 0 saturated carbocycles. The van der Waals surface area contributed by atoms with Crippen LogP contribution in [0.5, 0.6) is 0 Å². The third kappa shape index (κ3) is 4.03. The smallest absolute Gasteiger partial charge is 0.136 e. The monoisotopic (exact) mass is 394 g/mol. The van der Waals surface area contributed by atoms with Crippen molar-refractivity contribution < 1.29 is 9.13 Å². The van der Waals surface area contributed by atoms with Crippen LogP contribution >= 0.6 is 0 Å². The summed E-state index contributed by atoms with van der Waals surface area (Å²) in [6.45, 7) is 8.48. The van der Waals surface area contributed by atoms with Gasteiger partial charge in [-0.15, -0.1) is 0 Å². The van der Waals surface area contributed by atoms with Gasteiger partial charge < -0.3 is 14.6 Å². The molecule has 0 bridgehead atoms. The van der Waals surface area contributed by atoms with Crippen molar-refractivity contribution in [3.05, 3.63) is 59.4 Å². The first-order chi connectivity index (χ1) is 13.8. The number of benzene rings is 1. The Morgan fingerprint density at radius 3 is 2.72 bits per heavy atom. The molecule has 0 aliphatic carbocycles. The molecule has 0 radical (unpaired) electrons. The lowest BCUT2D eigenvalue weighted by atomic mass is 9.95. The molecule has 0 unspecified atom stereocenters. The molecule has 1 aromatic carbocycles. The van der Waals surface area contributed by atoms with E-state index >= 15 is 0 Å². The highest BCUT2D eigenvalue weighted by atomic mass is 19.1. The van der Waals surface area contributed by atoms with Crippen molar-refractivity contribution in [2.75, 3.05) is 25.1 Å². The molecular weight excluding hydrogens is 367 g/mol. The Balaban J connectivity index is 1.61. The van der Waals surface area contributed by atoms with Gasteiger partial charge in [-0.05, 0) is 30.2 Å². The maximum Gasteiger partial charge on any atom is 0.136 e. The summed E-state index contributed by atoms with van der Waals surface area (Å²) < 4.78 is 18.8. The van der Waals surface area contributed by atoms with Gasteiger partial charge in [0, 0.05) is 54.3 Å². The number of nitrogens with zero attached hydrogens (tertiary/aromatic N) is 3. The average Bonchev–Trinajstić information content (AvgIpc) is 3.10. The van der Waals surface area contributed by atoms with Crippen LogP contribution in [0.2, 0.25) is 0 Å². The molecule has 0 fully saturated rings. The average molecular weight is 394 g/mol. The molecule has 1 aliphatic heterocycles. The zero-order valence-corrected chi connectivity index (χ0v) is 17.4. The second-order valence-electron chi connectivity index (χ2n) is 8.54. The van der Waals surface area contributed by atoms with Gasteiger partial charge in [0.2, 0.25) is 0 Å². The van der Waals surface area contributed by atoms with Gasteiger partial charge in [-0.1, -0.05) is 26.8 Å². The number of methoxy groups -OCH3 is 1. The van der Waals surface area contributed by atoms with Gasteiger partial charge in [0.05, 0.1) is 12.3 Å². The summed E-state index contributed by atoms with van der Waals surface area (Å²) in [6.07, 6.45) is 5.12. The van der Waals surface area contributed by atoms with Crippen LogP contribution in [-0.2, 0) is 16.8 Å². The minimum Gasteiger partial charge on any atom is -0.378 e. The van der Waals surface area contributed by atoms with Gasteiger partial charge >= 0.3 is 0 Å². The highest BCUT2D eigenvalue weighted by Crippen LogP contribution is 2.31. The van der Waals surface area contributed by atoms with Crippen molar-refractivity contribution in [1.29, 1.82) is 0 Å². The van der Waals surface area contributed by atoms with Crippen molar-refractivity contribution in [2.24, 2.45) is 0 Å². The predicted molar refractivity (Wildman–Crippen MR) is 115 cm³/mol. The van der Waals surface area contributed by atoms with Crippen molar-refractivity contribution in [3.63, 3.8) is 0 Å². The molecule has 5 nitrogen and oxygen atoms in total. The molecule has 1 aliphatic rings. The Labute approximate surface area is 170 Å². The summed E-state index contributed by atoms with van der Waals surface area (Å²) in [5.74, 6) is 1.55. The van der Waals surface area contributed by atoms with Crippen LogP contribution in [0, 0.1) is 5.82 Å². The molecule has 0 atom stereocenters. The fourth-order valence-corrected chi connectivity index (χ4v) is 3.69. The maximum absolute atomic E-state index is 13.5. The number of H-pyrrole nitrogens is 1. The van der Waals surface area contributed by atoms with Crippen LogP contribution in [0.3, 0.4) is 0 Å². The minimum absolute atomic E-state index is 0.130. The Bertz CT molecular complexity index is 1060. The zero-order chi connectivity index (χ0) is 20.6. The summed E-state index contributed by atoms with van der Waals surface area (Å²) in [5, 5.41) is 1.06. The minimum atomic E-state index is -0.222. The quantitative estimate of drug-likeness (QED) is 0.688. The van der Waals surface area contributed by atoms with Crippen LogP contribution in [0.1, 0.15) is 44.3 Å². The van der Waals surface area contributed by atoms with Crippen molar-refractivity contribution in [2.45, 2.75) is 39.2 Å². The second-order valence-corrected chi connectivity index (χ2v) is 8.54. The van der Waals surface area contributed by atoms with Crippen molar-refractivity contribution >= 4 is 22.3 Å². The third-order valence-electron chi connectivity index (χ3n) is 5.25. The van der Waals surface area contributed by atoms with Crippen molar-refractivity contribution in [3.8, 4) is 0 Å². The largest absolute Gasteiger partial charge is 0.378 e. The number of hydrogen-bond acceptors (Lipinski definition) is 4. The number of nitrogens with one attached hydrogen (secondary N) is 1. The first-order valence-corrected chi connectivity index (χ1v) is 9.93. The van der Waals surface area contributed by atoms with Crippen LogP contribution < -0.4 is 4.90 Å². The Morgan fingerprint density at radius 2 is 2.03 bits per heavy atom. The molecule has 152 valence electrons. The van der Waals surface area contributed by atoms with E-state index in [2.05, 4.69) is 41.7 Å². The van der Waals surface area contributed by atoms with Gasteiger partial charge in [-0.2, -0.15) is 0 Å². The number of hydrogen-bond donors (Lipinski definition) is 1. The molecule has 29 heavy (non-hydrogen) atoms. The fourth-order valence-electron chi connectivity index (χ4n) is 3.69. The highest BCUT2D eigenvalue weighted by Gasteiger charge is 2.22. The van der Waals surface area contributed by atoms with E-state index < -0.39 is 0 Å². The third-order valence-corrected chi connectivity index (χ3v) is 5.25. The molecule has 3 heterocycles. The van der Waals surface area contributed by atoms with Gasteiger partial charge in [-0.25, -0.2) is 14.4 Å². The van der Waals surface area contributed by atoms with E-state index in [4.69, 9.17) is 9.72 Å². The van der Waals surface area contributed by atoms with Crippen LogP contribution in [0.4, 0.5) is 10.2 Å². The number of aromatic amines is 1. The lowest BCUT2D eigenvalue weighted by molar-refractivity contribution is 0.181. The number of anilines is 1. The summed E-state index contributed by atoms with van der Waals surface area (Å²) in [6, 6.07) is 6.93. The SMILES string of the molecule is COCc1cc(N2CC=C(c3c[nH]c4cc(F)ccc34)CC2)nc(C(C)(C)C)n1. The molecule has 0 saturated heterocycles. The molecule has 3 aromatic rings. The summed E-state index contributed by atoms with van der Waals surface area (Å²) in [7, 11) is 1.68. The van der Waals surface area contributed by atoms with Crippen LogP contribution in [0.25, 0.3) is 16.5 Å². The highest BCUT2D eigenvalue weighted by molar-refractivity contribution is 5.93. The maximum atomic E-state index is 13.5. The number of ether oxygens (including phenoxy) is 1. The number of aromatic nitrogens is 3. The Kier molecular flexibility index (Phi) is 5.13. The van der Waals surface area contributed by atoms with E-state index in [1.807, 2.05) is 18.3 Å². The van der Waals surface area contributed by atoms with Gasteiger partial charge in [0.1, 0.15) is 17.5 Å². The lowest BCUT2D eigenvalue weighted by Crippen LogP contribution is -2.30. The molecule has 2 aromatic heterocycles. The first-order valence-electron chi connectivity index (χ1n) is 9.93. The molecule has 6 heteroatoms. The van der Waals surface area contributed by atoms with E-state index in [-0.39, 0.29) is 11.2 Å². The lowest BCUT2D eigenvalue weighted by Gasteiger charge is -2.29. The van der Waals surface area contributed by atoms with E-state index in [9.17, 15) is 4.39 Å². The fraction of sp³-hybridized carbons (Fsp3) is 0.391. The van der Waals surface area contributed by atoms with E-state index in [1.165, 1.54) is 11.6 Å². The molecule has 1 N–H and O–H groups in total.